The number of imidazole rings is 1. The van der Waals surface area contributed by atoms with E-state index in [1.165, 1.54) is 20.2 Å². The fourth-order valence-corrected chi connectivity index (χ4v) is 4.13. The number of ether oxygens (including phenoxy) is 1. The molecular weight excluding hydrogens is 524 g/mol. The molecule has 0 spiro atoms. The van der Waals surface area contributed by atoms with Gasteiger partial charge in [-0.25, -0.2) is 10.0 Å². The minimum Gasteiger partial charge on any atom is -0.489 e. The van der Waals surface area contributed by atoms with Crippen molar-refractivity contribution in [3.05, 3.63) is 70.6 Å². The normalized spacial score (nSPS) is 11.8. The van der Waals surface area contributed by atoms with Crippen LogP contribution in [0, 0.1) is 0 Å². The smallest absolute Gasteiger partial charge is 0.313 e. The van der Waals surface area contributed by atoms with Crippen LogP contribution in [0.25, 0.3) is 11.3 Å². The minimum absolute atomic E-state index is 0.0615. The van der Waals surface area contributed by atoms with Gasteiger partial charge in [0.2, 0.25) is 5.82 Å². The molecule has 0 aliphatic carbocycles. The quantitative estimate of drug-likeness (QED) is 0.318. The number of hydrogen-bond donors (Lipinski definition) is 2. The second-order valence-electron chi connectivity index (χ2n) is 9.36. The van der Waals surface area contributed by atoms with E-state index in [4.69, 9.17) is 21.2 Å². The fraction of sp³-hybridized carbons (Fsp3) is 0.357. The summed E-state index contributed by atoms with van der Waals surface area (Å²) in [7, 11) is 4.64. The van der Waals surface area contributed by atoms with E-state index in [-0.39, 0.29) is 36.6 Å². The number of aryl methyl sites for hydroxylation is 1. The molecule has 1 heterocycles. The Hall–Kier alpha value is -3.89. The number of nitrogens with zero attached hydrogens (tertiary/aromatic N) is 3. The number of hydrogen-bond acceptors (Lipinski definition) is 6. The van der Waals surface area contributed by atoms with Crippen LogP contribution in [0.15, 0.2) is 48.7 Å². The van der Waals surface area contributed by atoms with Crippen molar-refractivity contribution >= 4 is 29.4 Å². The van der Waals surface area contributed by atoms with E-state index in [1.807, 2.05) is 38.1 Å². The summed E-state index contributed by atoms with van der Waals surface area (Å²) >= 11 is 6.29. The number of halogens is 1. The molecule has 0 radical (unpaired) electrons. The number of amides is 2. The molecular formula is C28H33ClN4O6. The Bertz CT molecular complexity index is 1320. The number of carboxylic acids is 1. The van der Waals surface area contributed by atoms with E-state index in [0.717, 1.165) is 16.2 Å². The summed E-state index contributed by atoms with van der Waals surface area (Å²) in [6, 6.07) is 11.9. The van der Waals surface area contributed by atoms with Crippen LogP contribution in [-0.4, -0.2) is 63.8 Å². The zero-order valence-corrected chi connectivity index (χ0v) is 23.4. The number of aromatic nitrogens is 2. The molecule has 0 saturated carbocycles. The molecule has 3 rings (SSSR count). The zero-order chi connectivity index (χ0) is 28.7. The van der Waals surface area contributed by atoms with Crippen LogP contribution in [0.4, 0.5) is 0 Å². The fourth-order valence-electron chi connectivity index (χ4n) is 3.91. The number of carboxylic acid groups (broad SMARTS) is 1. The van der Waals surface area contributed by atoms with Gasteiger partial charge in [0.05, 0.1) is 23.9 Å². The maximum Gasteiger partial charge on any atom is 0.313 e. The van der Waals surface area contributed by atoms with Crippen LogP contribution in [0.1, 0.15) is 53.2 Å². The highest BCUT2D eigenvalue weighted by Crippen LogP contribution is 2.27. The Balaban J connectivity index is 1.74. The number of rotatable bonds is 12. The average Bonchev–Trinajstić information content (AvgIpc) is 3.28. The number of aliphatic carboxylic acids is 1. The zero-order valence-electron chi connectivity index (χ0n) is 22.6. The minimum atomic E-state index is -0.942. The molecule has 11 heteroatoms. The Kier molecular flexibility index (Phi) is 10.1. The summed E-state index contributed by atoms with van der Waals surface area (Å²) in [5.74, 6) is -0.947. The van der Waals surface area contributed by atoms with E-state index in [1.54, 1.807) is 29.9 Å². The molecule has 39 heavy (non-hydrogen) atoms. The second kappa shape index (κ2) is 13.3. The summed E-state index contributed by atoms with van der Waals surface area (Å²) in [6.07, 6.45) is 2.28. The summed E-state index contributed by atoms with van der Waals surface area (Å²) in [4.78, 5) is 46.0. The highest BCUT2D eigenvalue weighted by atomic mass is 35.5. The van der Waals surface area contributed by atoms with Gasteiger partial charge in [-0.05, 0) is 50.5 Å². The Morgan fingerprint density at radius 1 is 1.15 bits per heavy atom. The van der Waals surface area contributed by atoms with Crippen molar-refractivity contribution in [1.29, 1.82) is 0 Å². The first-order valence-corrected chi connectivity index (χ1v) is 12.8. The topological polar surface area (TPSA) is 123 Å². The lowest BCUT2D eigenvalue weighted by Crippen LogP contribution is -2.37. The summed E-state index contributed by atoms with van der Waals surface area (Å²) < 4.78 is 7.25. The van der Waals surface area contributed by atoms with Crippen molar-refractivity contribution in [3.8, 4) is 17.0 Å². The van der Waals surface area contributed by atoms with Gasteiger partial charge < -0.3 is 19.7 Å². The highest BCUT2D eigenvalue weighted by molar-refractivity contribution is 6.32. The van der Waals surface area contributed by atoms with Crippen LogP contribution in [0.3, 0.4) is 0 Å². The molecule has 0 aliphatic rings. The van der Waals surface area contributed by atoms with Crippen LogP contribution < -0.4 is 10.1 Å². The number of nitrogens with one attached hydrogen (secondary N) is 1. The number of hydroxylamine groups is 2. The highest BCUT2D eigenvalue weighted by Gasteiger charge is 2.20. The van der Waals surface area contributed by atoms with E-state index in [9.17, 15) is 19.5 Å². The number of carbonyl (C=O) groups excluding carboxylic acids is 2. The van der Waals surface area contributed by atoms with Gasteiger partial charge in [0.1, 0.15) is 5.75 Å². The molecule has 2 amide bonds. The molecule has 0 bridgehead atoms. The van der Waals surface area contributed by atoms with Crippen LogP contribution >= 0.6 is 11.6 Å². The van der Waals surface area contributed by atoms with Gasteiger partial charge in [-0.3, -0.25) is 19.2 Å². The third-order valence-corrected chi connectivity index (χ3v) is 6.25. The van der Waals surface area contributed by atoms with Crippen molar-refractivity contribution < 1.29 is 29.1 Å². The lowest BCUT2D eigenvalue weighted by atomic mass is 9.99. The molecule has 0 fully saturated rings. The standard InChI is InChI=1S/C28H33ClN4O6/c1-17(2)39-24-12-10-20(15-22(24)29)27(36)30-21(11-13-25(34)35)14-18-6-8-19(9-7-18)23-16-32(3)26(31-23)28(37)33(4)38-5/h6-10,12,15-17,21H,11,13-14H2,1-5H3,(H,30,36)(H,34,35). The summed E-state index contributed by atoms with van der Waals surface area (Å²) in [5, 5.41) is 13.6. The first-order valence-electron chi connectivity index (χ1n) is 12.4. The van der Waals surface area contributed by atoms with Crippen molar-refractivity contribution in [2.75, 3.05) is 14.2 Å². The maximum atomic E-state index is 13.0. The number of carbonyl (C=O) groups is 3. The third kappa shape index (κ3) is 8.05. The van der Waals surface area contributed by atoms with Crippen molar-refractivity contribution in [2.45, 2.75) is 45.3 Å². The lowest BCUT2D eigenvalue weighted by molar-refractivity contribution is -0.137. The van der Waals surface area contributed by atoms with Crippen LogP contribution in [0.2, 0.25) is 5.02 Å². The molecule has 0 saturated heterocycles. The monoisotopic (exact) mass is 556 g/mol. The predicted molar refractivity (Wildman–Crippen MR) is 147 cm³/mol. The van der Waals surface area contributed by atoms with Crippen molar-refractivity contribution in [1.82, 2.24) is 19.9 Å². The number of benzene rings is 2. The van der Waals surface area contributed by atoms with Gasteiger partial charge in [-0.15, -0.1) is 0 Å². The van der Waals surface area contributed by atoms with E-state index in [0.29, 0.717) is 28.5 Å². The van der Waals surface area contributed by atoms with Crippen LogP contribution in [0.5, 0.6) is 5.75 Å². The van der Waals surface area contributed by atoms with E-state index in [2.05, 4.69) is 10.3 Å². The van der Waals surface area contributed by atoms with Gasteiger partial charge in [0.15, 0.2) is 0 Å². The van der Waals surface area contributed by atoms with Gasteiger partial charge >= 0.3 is 11.9 Å². The second-order valence-corrected chi connectivity index (χ2v) is 9.77. The summed E-state index contributed by atoms with van der Waals surface area (Å²) in [5.41, 5.74) is 2.68. The molecule has 2 aromatic carbocycles. The SMILES string of the molecule is CON(C)C(=O)c1nc(-c2ccc(CC(CCC(=O)O)NC(=O)c3ccc(OC(C)C)c(Cl)c3)cc2)cn1C. The van der Waals surface area contributed by atoms with E-state index >= 15 is 0 Å². The molecule has 10 nitrogen and oxygen atoms in total. The predicted octanol–water partition coefficient (Wildman–Crippen LogP) is 4.37. The largest absolute Gasteiger partial charge is 0.489 e. The average molecular weight is 557 g/mol. The first-order chi connectivity index (χ1) is 18.5. The molecule has 1 atom stereocenters. The van der Waals surface area contributed by atoms with Crippen molar-refractivity contribution in [2.24, 2.45) is 7.05 Å². The van der Waals surface area contributed by atoms with Gasteiger partial charge in [0.25, 0.3) is 5.91 Å². The van der Waals surface area contributed by atoms with Gasteiger partial charge in [0, 0.05) is 43.9 Å². The molecule has 0 aliphatic heterocycles. The summed E-state index contributed by atoms with van der Waals surface area (Å²) in [6.45, 7) is 3.76. The molecule has 1 unspecified atom stereocenters. The molecule has 208 valence electrons. The van der Waals surface area contributed by atoms with Gasteiger partial charge in [-0.2, -0.15) is 0 Å². The van der Waals surface area contributed by atoms with E-state index < -0.39 is 12.0 Å². The third-order valence-electron chi connectivity index (χ3n) is 5.96. The lowest BCUT2D eigenvalue weighted by Gasteiger charge is -2.19. The molecule has 1 aromatic heterocycles. The molecule has 3 aromatic rings. The molecule has 2 N–H and O–H groups in total. The van der Waals surface area contributed by atoms with Crippen molar-refractivity contribution in [3.63, 3.8) is 0 Å². The first kappa shape index (κ1) is 29.7. The maximum absolute atomic E-state index is 13.0. The van der Waals surface area contributed by atoms with Gasteiger partial charge in [-0.1, -0.05) is 35.9 Å². The Labute approximate surface area is 232 Å². The Morgan fingerprint density at radius 3 is 2.44 bits per heavy atom. The Morgan fingerprint density at radius 2 is 1.85 bits per heavy atom. The van der Waals surface area contributed by atoms with Crippen LogP contribution in [-0.2, 0) is 23.1 Å².